The third-order valence-electron chi connectivity index (χ3n) is 2.07. The van der Waals surface area contributed by atoms with Gasteiger partial charge in [0, 0.05) is 11.3 Å². The second kappa shape index (κ2) is 7.16. The van der Waals surface area contributed by atoms with E-state index in [0.717, 1.165) is 5.69 Å². The van der Waals surface area contributed by atoms with Gasteiger partial charge in [-0.05, 0) is 24.3 Å². The maximum atomic E-state index is 11.7. The molecule has 0 saturated heterocycles. The van der Waals surface area contributed by atoms with Crippen LogP contribution >= 0.6 is 0 Å². The van der Waals surface area contributed by atoms with Crippen LogP contribution < -0.4 is 17.6 Å². The molecule has 0 spiro atoms. The summed E-state index contributed by atoms with van der Waals surface area (Å²) >= 11 is 0. The number of hydrogen-bond acceptors (Lipinski definition) is 3. The summed E-state index contributed by atoms with van der Waals surface area (Å²) in [5.41, 5.74) is 1.48. The molecule has 0 aromatic heterocycles. The van der Waals surface area contributed by atoms with Crippen molar-refractivity contribution in [3.63, 3.8) is 0 Å². The number of para-hydroxylation sites is 1. The first kappa shape index (κ1) is 14.8. The molecule has 90 valence electrons. The molecule has 0 bridgehead atoms. The number of benzene rings is 2. The molecule has 0 heterocycles. The molecule has 0 atom stereocenters. The SMILES string of the molecule is N.N.O=C(Nc1ccccc1)c1ccccc1. The maximum absolute atomic E-state index is 11.7. The predicted molar refractivity (Wildman–Crippen MR) is 70.9 cm³/mol. The summed E-state index contributed by atoms with van der Waals surface area (Å²) in [5.74, 6) is -0.0817. The van der Waals surface area contributed by atoms with Crippen LogP contribution in [0.5, 0.6) is 0 Å². The van der Waals surface area contributed by atoms with Gasteiger partial charge in [0.2, 0.25) is 0 Å². The van der Waals surface area contributed by atoms with Gasteiger partial charge in [0.15, 0.2) is 0 Å². The standard InChI is InChI=1S/C13H11NO.2H3N/c15-13(11-7-3-1-4-8-11)14-12-9-5-2-6-10-12;;/h1-10H,(H,14,15);2*1H3. The van der Waals surface area contributed by atoms with E-state index in [1.165, 1.54) is 0 Å². The van der Waals surface area contributed by atoms with Crippen molar-refractivity contribution in [3.8, 4) is 0 Å². The van der Waals surface area contributed by atoms with E-state index in [-0.39, 0.29) is 18.2 Å². The average molecular weight is 231 g/mol. The zero-order valence-electron chi connectivity index (χ0n) is 9.60. The Bertz CT molecular complexity index is 443. The fourth-order valence-corrected chi connectivity index (χ4v) is 1.31. The summed E-state index contributed by atoms with van der Waals surface area (Å²) in [6.45, 7) is 0. The summed E-state index contributed by atoms with van der Waals surface area (Å²) < 4.78 is 0. The smallest absolute Gasteiger partial charge is 0.255 e. The van der Waals surface area contributed by atoms with Crippen LogP contribution in [0.15, 0.2) is 60.7 Å². The lowest BCUT2D eigenvalue weighted by molar-refractivity contribution is 0.102. The van der Waals surface area contributed by atoms with Gasteiger partial charge in [-0.15, -0.1) is 0 Å². The van der Waals surface area contributed by atoms with Crippen molar-refractivity contribution in [2.75, 3.05) is 5.32 Å². The molecular formula is C13H17N3O. The van der Waals surface area contributed by atoms with Gasteiger partial charge in [-0.1, -0.05) is 36.4 Å². The Balaban J connectivity index is 0.00000128. The molecule has 0 aliphatic rings. The van der Waals surface area contributed by atoms with Crippen molar-refractivity contribution < 1.29 is 4.79 Å². The van der Waals surface area contributed by atoms with Crippen molar-refractivity contribution in [2.45, 2.75) is 0 Å². The molecule has 0 radical (unpaired) electrons. The third kappa shape index (κ3) is 4.06. The number of rotatable bonds is 2. The Morgan fingerprint density at radius 2 is 1.24 bits per heavy atom. The molecule has 17 heavy (non-hydrogen) atoms. The molecule has 7 N–H and O–H groups in total. The minimum absolute atomic E-state index is 0. The normalized spacial score (nSPS) is 8.47. The highest BCUT2D eigenvalue weighted by Crippen LogP contribution is 2.07. The van der Waals surface area contributed by atoms with Crippen LogP contribution in [0.2, 0.25) is 0 Å². The minimum atomic E-state index is -0.0817. The number of hydrogen-bond donors (Lipinski definition) is 3. The number of nitrogens with one attached hydrogen (secondary N) is 1. The van der Waals surface area contributed by atoms with Crippen molar-refractivity contribution in [1.82, 2.24) is 12.3 Å². The third-order valence-corrected chi connectivity index (χ3v) is 2.07. The van der Waals surface area contributed by atoms with Crippen molar-refractivity contribution in [3.05, 3.63) is 66.2 Å². The number of anilines is 1. The highest BCUT2D eigenvalue weighted by atomic mass is 16.1. The fourth-order valence-electron chi connectivity index (χ4n) is 1.31. The van der Waals surface area contributed by atoms with Gasteiger partial charge >= 0.3 is 0 Å². The molecule has 1 amide bonds. The van der Waals surface area contributed by atoms with Gasteiger partial charge < -0.3 is 17.6 Å². The predicted octanol–water partition coefficient (Wildman–Crippen LogP) is 3.26. The Morgan fingerprint density at radius 3 is 1.76 bits per heavy atom. The lowest BCUT2D eigenvalue weighted by atomic mass is 10.2. The Hall–Kier alpha value is -2.17. The molecule has 0 fully saturated rings. The molecular weight excluding hydrogens is 214 g/mol. The van der Waals surface area contributed by atoms with Crippen LogP contribution in [0.3, 0.4) is 0 Å². The maximum Gasteiger partial charge on any atom is 0.255 e. The first-order chi connectivity index (χ1) is 7.36. The summed E-state index contributed by atoms with van der Waals surface area (Å²) in [6, 6.07) is 18.6. The van der Waals surface area contributed by atoms with Crippen molar-refractivity contribution in [1.29, 1.82) is 0 Å². The Kier molecular flexibility index (Phi) is 6.25. The van der Waals surface area contributed by atoms with Crippen LogP contribution in [0.4, 0.5) is 5.69 Å². The first-order valence-electron chi connectivity index (χ1n) is 4.78. The van der Waals surface area contributed by atoms with E-state index in [4.69, 9.17) is 0 Å². The molecule has 4 heteroatoms. The zero-order chi connectivity index (χ0) is 10.5. The number of amides is 1. The lowest BCUT2D eigenvalue weighted by Gasteiger charge is -2.03. The van der Waals surface area contributed by atoms with E-state index in [9.17, 15) is 4.79 Å². The fraction of sp³-hybridized carbons (Fsp3) is 0. The second-order valence-electron chi connectivity index (χ2n) is 3.19. The highest BCUT2D eigenvalue weighted by molar-refractivity contribution is 6.04. The second-order valence-corrected chi connectivity index (χ2v) is 3.19. The van der Waals surface area contributed by atoms with Crippen LogP contribution in [0.25, 0.3) is 0 Å². The molecule has 2 rings (SSSR count). The van der Waals surface area contributed by atoms with Crippen LogP contribution in [0, 0.1) is 0 Å². The van der Waals surface area contributed by atoms with Gasteiger partial charge in [0.1, 0.15) is 0 Å². The summed E-state index contributed by atoms with van der Waals surface area (Å²) in [4.78, 5) is 11.7. The molecule has 0 aliphatic heterocycles. The molecule has 0 aliphatic carbocycles. The first-order valence-corrected chi connectivity index (χ1v) is 4.78. The lowest BCUT2D eigenvalue weighted by Crippen LogP contribution is -2.11. The van der Waals surface area contributed by atoms with Crippen molar-refractivity contribution in [2.24, 2.45) is 0 Å². The topological polar surface area (TPSA) is 99.1 Å². The quantitative estimate of drug-likeness (QED) is 0.739. The molecule has 0 saturated carbocycles. The molecule has 2 aromatic rings. The van der Waals surface area contributed by atoms with E-state index >= 15 is 0 Å². The average Bonchev–Trinajstić information content (AvgIpc) is 2.31. The summed E-state index contributed by atoms with van der Waals surface area (Å²) in [7, 11) is 0. The van der Waals surface area contributed by atoms with Gasteiger partial charge in [0.05, 0.1) is 0 Å². The van der Waals surface area contributed by atoms with Gasteiger partial charge in [-0.25, -0.2) is 0 Å². The summed E-state index contributed by atoms with van der Waals surface area (Å²) in [5, 5.41) is 2.82. The van der Waals surface area contributed by atoms with E-state index < -0.39 is 0 Å². The van der Waals surface area contributed by atoms with E-state index in [1.807, 2.05) is 48.5 Å². The minimum Gasteiger partial charge on any atom is -0.344 e. The van der Waals surface area contributed by atoms with Gasteiger partial charge in [-0.2, -0.15) is 0 Å². The monoisotopic (exact) mass is 231 g/mol. The van der Waals surface area contributed by atoms with Gasteiger partial charge in [0.25, 0.3) is 5.91 Å². The Labute approximate surface area is 101 Å². The largest absolute Gasteiger partial charge is 0.344 e. The Morgan fingerprint density at radius 1 is 0.765 bits per heavy atom. The number of carbonyl (C=O) groups is 1. The van der Waals surface area contributed by atoms with Crippen LogP contribution in [-0.2, 0) is 0 Å². The van der Waals surface area contributed by atoms with Crippen LogP contribution in [-0.4, -0.2) is 5.91 Å². The summed E-state index contributed by atoms with van der Waals surface area (Å²) in [6.07, 6.45) is 0. The van der Waals surface area contributed by atoms with Gasteiger partial charge in [-0.3, -0.25) is 4.79 Å². The molecule has 0 unspecified atom stereocenters. The van der Waals surface area contributed by atoms with E-state index in [0.29, 0.717) is 5.56 Å². The van der Waals surface area contributed by atoms with E-state index in [1.54, 1.807) is 12.1 Å². The molecule has 4 nitrogen and oxygen atoms in total. The number of carbonyl (C=O) groups excluding carboxylic acids is 1. The highest BCUT2D eigenvalue weighted by Gasteiger charge is 2.03. The van der Waals surface area contributed by atoms with Crippen LogP contribution in [0.1, 0.15) is 10.4 Å². The van der Waals surface area contributed by atoms with Crippen molar-refractivity contribution >= 4 is 11.6 Å². The zero-order valence-corrected chi connectivity index (χ0v) is 9.60. The molecule has 2 aromatic carbocycles. The van der Waals surface area contributed by atoms with E-state index in [2.05, 4.69) is 5.32 Å².